The minimum Gasteiger partial charge on any atom is -0.369 e. The van der Waals surface area contributed by atoms with Gasteiger partial charge in [-0.2, -0.15) is 0 Å². The van der Waals surface area contributed by atoms with Crippen LogP contribution in [-0.2, 0) is 0 Å². The monoisotopic (exact) mass is 298 g/mol. The molecule has 1 aromatic carbocycles. The van der Waals surface area contributed by atoms with Crippen LogP contribution in [0.2, 0.25) is 0 Å². The van der Waals surface area contributed by atoms with Gasteiger partial charge in [0.1, 0.15) is 6.20 Å². The van der Waals surface area contributed by atoms with Crippen molar-refractivity contribution in [2.24, 2.45) is 0 Å². The third kappa shape index (κ3) is 3.07. The molecule has 2 heterocycles. The summed E-state index contributed by atoms with van der Waals surface area (Å²) in [4.78, 5) is 19.1. The summed E-state index contributed by atoms with van der Waals surface area (Å²) < 4.78 is 0. The molecular weight excluding hydrogens is 280 g/mol. The summed E-state index contributed by atoms with van der Waals surface area (Å²) in [6, 6.07) is 11.4. The molecule has 1 aromatic heterocycles. The Balaban J connectivity index is 1.75. The van der Waals surface area contributed by atoms with Gasteiger partial charge in [-0.3, -0.25) is 10.1 Å². The Morgan fingerprint density at radius 1 is 1.05 bits per heavy atom. The first-order valence-corrected chi connectivity index (χ1v) is 7.28. The molecule has 1 aliphatic rings. The second-order valence-corrected chi connectivity index (χ2v) is 5.50. The highest BCUT2D eigenvalue weighted by atomic mass is 16.6. The lowest BCUT2D eigenvalue weighted by molar-refractivity contribution is -0.385. The molecule has 0 bridgehead atoms. The summed E-state index contributed by atoms with van der Waals surface area (Å²) in [5.41, 5.74) is 2.93. The minimum absolute atomic E-state index is 0.0119. The van der Waals surface area contributed by atoms with Crippen molar-refractivity contribution in [2.45, 2.75) is 0 Å². The maximum Gasteiger partial charge on any atom is 0.287 e. The maximum absolute atomic E-state index is 10.6. The van der Waals surface area contributed by atoms with Crippen LogP contribution in [0.15, 0.2) is 42.6 Å². The van der Waals surface area contributed by atoms with E-state index in [2.05, 4.69) is 34.0 Å². The number of piperazine rings is 1. The Hall–Kier alpha value is -2.47. The molecule has 2 aromatic rings. The standard InChI is InChI=1S/C16H18N4O2/c1-18-8-10-19(11-9-18)14-4-2-13(3-5-14)16-7-6-15(12-17-16)20(21)22/h2-7,12H,8-11H2,1H3. The number of hydrogen-bond donors (Lipinski definition) is 0. The molecule has 0 saturated carbocycles. The fraction of sp³-hybridized carbons (Fsp3) is 0.312. The molecule has 0 radical (unpaired) electrons. The molecule has 0 N–H and O–H groups in total. The Labute approximate surface area is 129 Å². The Morgan fingerprint density at radius 2 is 1.73 bits per heavy atom. The van der Waals surface area contributed by atoms with Crippen LogP contribution < -0.4 is 4.90 Å². The molecule has 1 saturated heterocycles. The molecule has 1 aliphatic heterocycles. The van der Waals surface area contributed by atoms with Gasteiger partial charge in [0.25, 0.3) is 5.69 Å². The number of rotatable bonds is 3. The van der Waals surface area contributed by atoms with Gasteiger partial charge < -0.3 is 9.80 Å². The summed E-state index contributed by atoms with van der Waals surface area (Å²) in [5.74, 6) is 0. The third-order valence-corrected chi connectivity index (χ3v) is 3.99. The van der Waals surface area contributed by atoms with Gasteiger partial charge in [0, 0.05) is 43.5 Å². The summed E-state index contributed by atoms with van der Waals surface area (Å²) >= 11 is 0. The summed E-state index contributed by atoms with van der Waals surface area (Å²) in [6.45, 7) is 4.22. The van der Waals surface area contributed by atoms with E-state index in [1.54, 1.807) is 6.07 Å². The first-order valence-electron chi connectivity index (χ1n) is 7.28. The van der Waals surface area contributed by atoms with Crippen molar-refractivity contribution in [3.63, 3.8) is 0 Å². The molecule has 22 heavy (non-hydrogen) atoms. The molecule has 3 rings (SSSR count). The summed E-state index contributed by atoms with van der Waals surface area (Å²) in [5, 5.41) is 10.6. The van der Waals surface area contributed by atoms with Gasteiger partial charge in [-0.25, -0.2) is 4.98 Å². The number of anilines is 1. The van der Waals surface area contributed by atoms with Crippen LogP contribution in [0.1, 0.15) is 0 Å². The molecule has 6 heteroatoms. The SMILES string of the molecule is CN1CCN(c2ccc(-c3ccc([N+](=O)[O-])cn3)cc2)CC1. The van der Waals surface area contributed by atoms with Gasteiger partial charge in [-0.05, 0) is 25.2 Å². The van der Waals surface area contributed by atoms with Crippen LogP contribution in [0, 0.1) is 10.1 Å². The normalized spacial score (nSPS) is 15.8. The van der Waals surface area contributed by atoms with Crippen molar-refractivity contribution < 1.29 is 4.92 Å². The molecule has 0 spiro atoms. The van der Waals surface area contributed by atoms with Crippen LogP contribution in [0.3, 0.4) is 0 Å². The minimum atomic E-state index is -0.437. The lowest BCUT2D eigenvalue weighted by Gasteiger charge is -2.34. The smallest absolute Gasteiger partial charge is 0.287 e. The van der Waals surface area contributed by atoms with Gasteiger partial charge in [-0.15, -0.1) is 0 Å². The van der Waals surface area contributed by atoms with Crippen molar-refractivity contribution in [1.82, 2.24) is 9.88 Å². The van der Waals surface area contributed by atoms with Crippen LogP contribution in [0.25, 0.3) is 11.3 Å². The lowest BCUT2D eigenvalue weighted by atomic mass is 10.1. The number of likely N-dealkylation sites (N-methyl/N-ethyl adjacent to an activating group) is 1. The van der Waals surface area contributed by atoms with Crippen LogP contribution in [-0.4, -0.2) is 48.0 Å². The van der Waals surface area contributed by atoms with Crippen molar-refractivity contribution in [3.05, 3.63) is 52.7 Å². The fourth-order valence-corrected chi connectivity index (χ4v) is 2.57. The Kier molecular flexibility index (Phi) is 4.02. The average Bonchev–Trinajstić information content (AvgIpc) is 2.56. The largest absolute Gasteiger partial charge is 0.369 e. The van der Waals surface area contributed by atoms with Gasteiger partial charge >= 0.3 is 0 Å². The number of aromatic nitrogens is 1. The first-order chi connectivity index (χ1) is 10.6. The van der Waals surface area contributed by atoms with E-state index in [0.29, 0.717) is 0 Å². The summed E-state index contributed by atoms with van der Waals surface area (Å²) in [7, 11) is 2.14. The van der Waals surface area contributed by atoms with Gasteiger partial charge in [0.2, 0.25) is 0 Å². The van der Waals surface area contributed by atoms with Gasteiger partial charge in [0.05, 0.1) is 10.6 Å². The molecule has 114 valence electrons. The highest BCUT2D eigenvalue weighted by Gasteiger charge is 2.14. The molecule has 0 unspecified atom stereocenters. The second kappa shape index (κ2) is 6.11. The fourth-order valence-electron chi connectivity index (χ4n) is 2.57. The molecule has 0 atom stereocenters. The van der Waals surface area contributed by atoms with Crippen LogP contribution >= 0.6 is 0 Å². The molecule has 0 aliphatic carbocycles. The number of benzene rings is 1. The van der Waals surface area contributed by atoms with E-state index < -0.39 is 4.92 Å². The third-order valence-electron chi connectivity index (χ3n) is 3.99. The van der Waals surface area contributed by atoms with E-state index in [-0.39, 0.29) is 5.69 Å². The highest BCUT2D eigenvalue weighted by Crippen LogP contribution is 2.23. The lowest BCUT2D eigenvalue weighted by Crippen LogP contribution is -2.44. The molecular formula is C16H18N4O2. The average molecular weight is 298 g/mol. The second-order valence-electron chi connectivity index (χ2n) is 5.50. The van der Waals surface area contributed by atoms with E-state index in [1.807, 2.05) is 12.1 Å². The zero-order valence-electron chi connectivity index (χ0n) is 12.5. The number of pyridine rings is 1. The number of nitro groups is 1. The predicted octanol–water partition coefficient (Wildman–Crippen LogP) is 2.41. The van der Waals surface area contributed by atoms with E-state index in [4.69, 9.17) is 0 Å². The Morgan fingerprint density at radius 3 is 2.27 bits per heavy atom. The van der Waals surface area contributed by atoms with E-state index in [9.17, 15) is 10.1 Å². The highest BCUT2D eigenvalue weighted by molar-refractivity contribution is 5.63. The number of nitrogens with zero attached hydrogens (tertiary/aromatic N) is 4. The topological polar surface area (TPSA) is 62.5 Å². The van der Waals surface area contributed by atoms with E-state index >= 15 is 0 Å². The Bertz CT molecular complexity index is 647. The molecule has 1 fully saturated rings. The van der Waals surface area contributed by atoms with Crippen molar-refractivity contribution in [1.29, 1.82) is 0 Å². The van der Waals surface area contributed by atoms with Crippen LogP contribution in [0.4, 0.5) is 11.4 Å². The number of hydrogen-bond acceptors (Lipinski definition) is 5. The summed E-state index contributed by atoms with van der Waals surface area (Å²) in [6.07, 6.45) is 1.30. The van der Waals surface area contributed by atoms with Crippen LogP contribution in [0.5, 0.6) is 0 Å². The van der Waals surface area contributed by atoms with Gasteiger partial charge in [0.15, 0.2) is 0 Å². The zero-order valence-corrected chi connectivity index (χ0v) is 12.5. The molecule has 0 amide bonds. The van der Waals surface area contributed by atoms with Crippen molar-refractivity contribution >= 4 is 11.4 Å². The van der Waals surface area contributed by atoms with E-state index in [0.717, 1.165) is 37.4 Å². The zero-order chi connectivity index (χ0) is 15.5. The van der Waals surface area contributed by atoms with Crippen molar-refractivity contribution in [2.75, 3.05) is 38.1 Å². The predicted molar refractivity (Wildman–Crippen MR) is 86.0 cm³/mol. The maximum atomic E-state index is 10.6. The van der Waals surface area contributed by atoms with Gasteiger partial charge in [-0.1, -0.05) is 12.1 Å². The first kappa shape index (κ1) is 14.5. The molecule has 6 nitrogen and oxygen atoms in total. The van der Waals surface area contributed by atoms with Crippen molar-refractivity contribution in [3.8, 4) is 11.3 Å². The quantitative estimate of drug-likeness (QED) is 0.643. The van der Waals surface area contributed by atoms with E-state index in [1.165, 1.54) is 18.0 Å².